The van der Waals surface area contributed by atoms with Crippen molar-refractivity contribution in [2.75, 3.05) is 42.3 Å². The second-order valence-corrected chi connectivity index (χ2v) is 9.96. The molecule has 2 fully saturated rings. The normalized spacial score (nSPS) is 20.0. The number of nitrogens with one attached hydrogen (secondary N) is 1. The number of carboxylic acids is 1. The SMILES string of the molecule is O=C(O)c1cc(NS(=O)(=O)c2ccccc2)cnc1N1CCC[C@@H](CN2CCCC2)C1. The molecule has 0 unspecified atom stereocenters. The summed E-state index contributed by atoms with van der Waals surface area (Å²) in [5, 5.41) is 9.78. The summed E-state index contributed by atoms with van der Waals surface area (Å²) in [6.45, 7) is 4.84. The van der Waals surface area contributed by atoms with Crippen LogP contribution in [0, 0.1) is 5.92 Å². The molecular formula is C22H28N4O4S. The number of carboxylic acid groups (broad SMARTS) is 1. The number of benzene rings is 1. The van der Waals surface area contributed by atoms with E-state index in [9.17, 15) is 18.3 Å². The molecular weight excluding hydrogens is 416 g/mol. The zero-order chi connectivity index (χ0) is 21.8. The van der Waals surface area contributed by atoms with Crippen LogP contribution in [0.1, 0.15) is 36.0 Å². The second-order valence-electron chi connectivity index (χ2n) is 8.28. The molecule has 31 heavy (non-hydrogen) atoms. The first-order chi connectivity index (χ1) is 14.9. The zero-order valence-electron chi connectivity index (χ0n) is 17.4. The molecule has 1 aromatic carbocycles. The standard InChI is InChI=1S/C22H28N4O4S/c27-22(28)20-13-18(24-31(29,30)19-8-2-1-3-9-19)14-23-21(20)26-12-6-7-17(16-26)15-25-10-4-5-11-25/h1-3,8-9,13-14,17,24H,4-7,10-12,15-16H2,(H,27,28)/t17-/m0/s1. The number of hydrogen-bond acceptors (Lipinski definition) is 6. The molecule has 4 rings (SSSR count). The van der Waals surface area contributed by atoms with E-state index < -0.39 is 16.0 Å². The minimum absolute atomic E-state index is 0.00934. The summed E-state index contributed by atoms with van der Waals surface area (Å²) in [6.07, 6.45) is 6.02. The Morgan fingerprint density at radius 1 is 1.13 bits per heavy atom. The lowest BCUT2D eigenvalue weighted by Gasteiger charge is -2.36. The molecule has 2 aliphatic rings. The van der Waals surface area contributed by atoms with E-state index >= 15 is 0 Å². The van der Waals surface area contributed by atoms with E-state index in [0.717, 1.165) is 45.6 Å². The number of piperidine rings is 1. The van der Waals surface area contributed by atoms with Gasteiger partial charge in [-0.3, -0.25) is 4.72 Å². The molecule has 2 saturated heterocycles. The smallest absolute Gasteiger partial charge is 0.339 e. The van der Waals surface area contributed by atoms with Crippen LogP contribution in [0.3, 0.4) is 0 Å². The summed E-state index contributed by atoms with van der Waals surface area (Å²) >= 11 is 0. The quantitative estimate of drug-likeness (QED) is 0.677. The Balaban J connectivity index is 1.52. The fourth-order valence-electron chi connectivity index (χ4n) is 4.47. The van der Waals surface area contributed by atoms with Gasteiger partial charge in [0.2, 0.25) is 0 Å². The van der Waals surface area contributed by atoms with Gasteiger partial charge in [-0.05, 0) is 62.9 Å². The van der Waals surface area contributed by atoms with Crippen LogP contribution in [0.2, 0.25) is 0 Å². The first-order valence-electron chi connectivity index (χ1n) is 10.7. The fourth-order valence-corrected chi connectivity index (χ4v) is 5.53. The highest BCUT2D eigenvalue weighted by Gasteiger charge is 2.27. The molecule has 3 heterocycles. The van der Waals surface area contributed by atoms with E-state index in [2.05, 4.69) is 14.6 Å². The molecule has 1 aromatic heterocycles. The van der Waals surface area contributed by atoms with Crippen molar-refractivity contribution in [1.29, 1.82) is 0 Å². The molecule has 0 amide bonds. The van der Waals surface area contributed by atoms with Crippen LogP contribution in [0.25, 0.3) is 0 Å². The maximum atomic E-state index is 12.6. The number of sulfonamides is 1. The largest absolute Gasteiger partial charge is 0.478 e. The molecule has 9 heteroatoms. The molecule has 1 atom stereocenters. The molecule has 0 spiro atoms. The molecule has 0 saturated carbocycles. The van der Waals surface area contributed by atoms with Crippen molar-refractivity contribution in [2.45, 2.75) is 30.6 Å². The lowest BCUT2D eigenvalue weighted by molar-refractivity contribution is 0.0697. The first kappa shape index (κ1) is 21.6. The Morgan fingerprint density at radius 2 is 1.87 bits per heavy atom. The third kappa shape index (κ3) is 5.16. The van der Waals surface area contributed by atoms with Crippen LogP contribution < -0.4 is 9.62 Å². The Morgan fingerprint density at radius 3 is 2.58 bits per heavy atom. The van der Waals surface area contributed by atoms with Gasteiger partial charge in [-0.25, -0.2) is 18.2 Å². The number of carbonyl (C=O) groups is 1. The Bertz CT molecular complexity index is 1020. The first-order valence-corrected chi connectivity index (χ1v) is 12.2. The van der Waals surface area contributed by atoms with Crippen molar-refractivity contribution in [3.05, 3.63) is 48.2 Å². The molecule has 0 bridgehead atoms. The van der Waals surface area contributed by atoms with Crippen LogP contribution in [0.15, 0.2) is 47.5 Å². The minimum atomic E-state index is -3.82. The highest BCUT2D eigenvalue weighted by Crippen LogP contribution is 2.28. The van der Waals surface area contributed by atoms with Gasteiger partial charge in [0.1, 0.15) is 11.4 Å². The van der Waals surface area contributed by atoms with E-state index in [-0.39, 0.29) is 16.1 Å². The molecule has 2 aromatic rings. The van der Waals surface area contributed by atoms with Gasteiger partial charge in [0, 0.05) is 19.6 Å². The molecule has 0 aliphatic carbocycles. The predicted octanol–water partition coefficient (Wildman–Crippen LogP) is 2.89. The Kier molecular flexibility index (Phi) is 6.43. The number of anilines is 2. The molecule has 8 nitrogen and oxygen atoms in total. The van der Waals surface area contributed by atoms with Crippen molar-refractivity contribution in [3.8, 4) is 0 Å². The molecule has 2 N–H and O–H groups in total. The number of nitrogens with zero attached hydrogens (tertiary/aromatic N) is 3. The number of aromatic nitrogens is 1. The van der Waals surface area contributed by atoms with E-state index in [1.807, 2.05) is 4.90 Å². The molecule has 0 radical (unpaired) electrons. The van der Waals surface area contributed by atoms with E-state index in [0.29, 0.717) is 11.7 Å². The lowest BCUT2D eigenvalue weighted by atomic mass is 9.97. The van der Waals surface area contributed by atoms with Crippen LogP contribution in [0.5, 0.6) is 0 Å². The number of hydrogen-bond donors (Lipinski definition) is 2. The topological polar surface area (TPSA) is 103 Å². The molecule has 2 aliphatic heterocycles. The van der Waals surface area contributed by atoms with Crippen LogP contribution in [-0.4, -0.2) is 62.1 Å². The van der Waals surface area contributed by atoms with E-state index in [1.165, 1.54) is 37.2 Å². The average molecular weight is 445 g/mol. The van der Waals surface area contributed by atoms with Crippen molar-refractivity contribution in [3.63, 3.8) is 0 Å². The number of pyridine rings is 1. The number of rotatable bonds is 7. The van der Waals surface area contributed by atoms with Crippen LogP contribution in [-0.2, 0) is 10.0 Å². The van der Waals surface area contributed by atoms with Crippen molar-refractivity contribution < 1.29 is 18.3 Å². The third-order valence-corrected chi connectivity index (χ3v) is 7.33. The minimum Gasteiger partial charge on any atom is -0.478 e. The summed E-state index contributed by atoms with van der Waals surface area (Å²) in [5.41, 5.74) is 0.144. The van der Waals surface area contributed by atoms with E-state index in [1.54, 1.807) is 18.2 Å². The van der Waals surface area contributed by atoms with Crippen molar-refractivity contribution in [1.82, 2.24) is 9.88 Å². The van der Waals surface area contributed by atoms with Gasteiger partial charge in [0.05, 0.1) is 16.8 Å². The Hall–Kier alpha value is -2.65. The summed E-state index contributed by atoms with van der Waals surface area (Å²) in [5.74, 6) is -0.238. The maximum Gasteiger partial charge on any atom is 0.339 e. The van der Waals surface area contributed by atoms with Gasteiger partial charge in [-0.1, -0.05) is 18.2 Å². The highest BCUT2D eigenvalue weighted by molar-refractivity contribution is 7.92. The third-order valence-electron chi connectivity index (χ3n) is 5.94. The highest BCUT2D eigenvalue weighted by atomic mass is 32.2. The van der Waals surface area contributed by atoms with Crippen LogP contribution in [0.4, 0.5) is 11.5 Å². The summed E-state index contributed by atoms with van der Waals surface area (Å²) in [7, 11) is -3.82. The Labute approximate surface area is 182 Å². The maximum absolute atomic E-state index is 12.6. The van der Waals surface area contributed by atoms with Crippen molar-refractivity contribution in [2.24, 2.45) is 5.92 Å². The summed E-state index contributed by atoms with van der Waals surface area (Å²) < 4.78 is 27.6. The fraction of sp³-hybridized carbons (Fsp3) is 0.455. The summed E-state index contributed by atoms with van der Waals surface area (Å²) in [4.78, 5) is 21.0. The lowest BCUT2D eigenvalue weighted by Crippen LogP contribution is -2.41. The van der Waals surface area contributed by atoms with Gasteiger partial charge in [-0.15, -0.1) is 0 Å². The van der Waals surface area contributed by atoms with Gasteiger partial charge >= 0.3 is 5.97 Å². The summed E-state index contributed by atoms with van der Waals surface area (Å²) in [6, 6.07) is 9.32. The van der Waals surface area contributed by atoms with E-state index in [4.69, 9.17) is 0 Å². The second kappa shape index (κ2) is 9.23. The van der Waals surface area contributed by atoms with Gasteiger partial charge in [-0.2, -0.15) is 0 Å². The zero-order valence-corrected chi connectivity index (χ0v) is 18.2. The van der Waals surface area contributed by atoms with Gasteiger partial charge in [0.25, 0.3) is 10.0 Å². The van der Waals surface area contributed by atoms with Gasteiger partial charge < -0.3 is 14.9 Å². The average Bonchev–Trinajstić information content (AvgIpc) is 3.27. The van der Waals surface area contributed by atoms with Crippen molar-refractivity contribution >= 4 is 27.5 Å². The predicted molar refractivity (Wildman–Crippen MR) is 119 cm³/mol. The number of likely N-dealkylation sites (tertiary alicyclic amines) is 1. The number of aromatic carboxylic acids is 1. The molecule has 166 valence electrons. The van der Waals surface area contributed by atoms with Crippen LogP contribution >= 0.6 is 0 Å². The van der Waals surface area contributed by atoms with Gasteiger partial charge in [0.15, 0.2) is 0 Å². The monoisotopic (exact) mass is 444 g/mol.